The summed E-state index contributed by atoms with van der Waals surface area (Å²) in [5.41, 5.74) is 6.46. The van der Waals surface area contributed by atoms with E-state index in [4.69, 9.17) is 5.73 Å². The van der Waals surface area contributed by atoms with Crippen LogP contribution in [-0.2, 0) is 0 Å². The lowest BCUT2D eigenvalue weighted by molar-refractivity contribution is -0.0333. The van der Waals surface area contributed by atoms with Gasteiger partial charge in [-0.2, -0.15) is 11.8 Å². The molecular formula is C14H28N2S. The molecule has 0 aromatic heterocycles. The maximum absolute atomic E-state index is 6.10. The smallest absolute Gasteiger partial charge is 0.0338 e. The number of nitrogens with zero attached hydrogens (tertiary/aromatic N) is 1. The van der Waals surface area contributed by atoms with Crippen molar-refractivity contribution in [1.82, 2.24) is 4.90 Å². The Labute approximate surface area is 111 Å². The van der Waals surface area contributed by atoms with Crippen LogP contribution in [-0.4, -0.2) is 41.1 Å². The van der Waals surface area contributed by atoms with Gasteiger partial charge in [0.15, 0.2) is 0 Å². The van der Waals surface area contributed by atoms with E-state index in [9.17, 15) is 0 Å². The standard InChI is InChI=1S/C14H28N2S/c1-4-13-9-16(5-6-17-13)14(10-15)7-12(8-14)11(2)3/h11-13H,4-10,15H2,1-3H3. The summed E-state index contributed by atoms with van der Waals surface area (Å²) in [6, 6.07) is 0. The largest absolute Gasteiger partial charge is 0.329 e. The van der Waals surface area contributed by atoms with Crippen LogP contribution in [0.4, 0.5) is 0 Å². The van der Waals surface area contributed by atoms with Crippen molar-refractivity contribution < 1.29 is 0 Å². The SMILES string of the molecule is CCC1CN(C2(CN)CC(C(C)C)C2)CCS1. The Morgan fingerprint density at radius 2 is 2.12 bits per heavy atom. The van der Waals surface area contributed by atoms with E-state index in [1.54, 1.807) is 0 Å². The van der Waals surface area contributed by atoms with Crippen LogP contribution in [0.25, 0.3) is 0 Å². The lowest BCUT2D eigenvalue weighted by atomic mass is 9.63. The molecule has 0 aromatic rings. The van der Waals surface area contributed by atoms with Gasteiger partial charge in [-0.05, 0) is 31.1 Å². The first-order chi connectivity index (χ1) is 8.11. The van der Waals surface area contributed by atoms with Gasteiger partial charge in [0, 0.05) is 36.2 Å². The van der Waals surface area contributed by atoms with Gasteiger partial charge < -0.3 is 5.73 Å². The number of rotatable bonds is 4. The van der Waals surface area contributed by atoms with Gasteiger partial charge >= 0.3 is 0 Å². The van der Waals surface area contributed by atoms with Crippen molar-refractivity contribution in [3.8, 4) is 0 Å². The third-order valence-corrected chi connectivity index (χ3v) is 6.24. The number of hydrogen-bond donors (Lipinski definition) is 1. The first-order valence-corrected chi connectivity index (χ1v) is 8.23. The Morgan fingerprint density at radius 3 is 2.65 bits per heavy atom. The van der Waals surface area contributed by atoms with E-state index in [1.807, 2.05) is 0 Å². The van der Waals surface area contributed by atoms with E-state index in [2.05, 4.69) is 37.4 Å². The van der Waals surface area contributed by atoms with Crippen LogP contribution in [0.1, 0.15) is 40.0 Å². The fourth-order valence-electron chi connectivity index (χ4n) is 3.34. The van der Waals surface area contributed by atoms with Gasteiger partial charge in [0.1, 0.15) is 0 Å². The number of nitrogens with two attached hydrogens (primary N) is 1. The molecule has 2 fully saturated rings. The normalized spacial score (nSPS) is 39.4. The van der Waals surface area contributed by atoms with Crippen molar-refractivity contribution in [2.24, 2.45) is 17.6 Å². The van der Waals surface area contributed by atoms with Gasteiger partial charge in [-0.1, -0.05) is 20.8 Å². The van der Waals surface area contributed by atoms with Gasteiger partial charge in [0.05, 0.1) is 0 Å². The quantitative estimate of drug-likeness (QED) is 0.838. The van der Waals surface area contributed by atoms with Gasteiger partial charge in [-0.3, -0.25) is 4.90 Å². The second kappa shape index (κ2) is 5.50. The molecule has 2 rings (SSSR count). The predicted molar refractivity (Wildman–Crippen MR) is 77.5 cm³/mol. The van der Waals surface area contributed by atoms with E-state index in [-0.39, 0.29) is 0 Å². The second-order valence-corrected chi connectivity index (χ2v) is 7.60. The maximum Gasteiger partial charge on any atom is 0.0338 e. The summed E-state index contributed by atoms with van der Waals surface area (Å²) >= 11 is 2.15. The van der Waals surface area contributed by atoms with Crippen molar-refractivity contribution in [2.45, 2.75) is 50.8 Å². The Hall–Kier alpha value is 0.270. The average Bonchev–Trinajstić information content (AvgIpc) is 2.28. The van der Waals surface area contributed by atoms with E-state index in [0.717, 1.165) is 23.6 Å². The molecule has 1 aliphatic carbocycles. The van der Waals surface area contributed by atoms with Crippen molar-refractivity contribution >= 4 is 11.8 Å². The summed E-state index contributed by atoms with van der Waals surface area (Å²) in [5, 5.41) is 0.838. The average molecular weight is 256 g/mol. The van der Waals surface area contributed by atoms with Crippen LogP contribution in [0.3, 0.4) is 0 Å². The Bertz CT molecular complexity index is 249. The molecule has 2 aliphatic rings. The molecule has 0 radical (unpaired) electrons. The molecule has 1 atom stereocenters. The van der Waals surface area contributed by atoms with Gasteiger partial charge in [0.2, 0.25) is 0 Å². The third-order valence-electron chi connectivity index (χ3n) is 4.87. The summed E-state index contributed by atoms with van der Waals surface area (Å²) in [5.74, 6) is 3.04. The van der Waals surface area contributed by atoms with Crippen molar-refractivity contribution in [3.05, 3.63) is 0 Å². The fourth-order valence-corrected chi connectivity index (χ4v) is 4.52. The van der Waals surface area contributed by atoms with Crippen LogP contribution >= 0.6 is 11.8 Å². The molecule has 1 aliphatic heterocycles. The van der Waals surface area contributed by atoms with Crippen molar-refractivity contribution in [3.63, 3.8) is 0 Å². The molecule has 0 spiro atoms. The molecule has 1 saturated carbocycles. The highest BCUT2D eigenvalue weighted by atomic mass is 32.2. The summed E-state index contributed by atoms with van der Waals surface area (Å²) in [6.07, 6.45) is 3.97. The number of thioether (sulfide) groups is 1. The van der Waals surface area contributed by atoms with Crippen molar-refractivity contribution in [1.29, 1.82) is 0 Å². The van der Waals surface area contributed by atoms with Gasteiger partial charge in [-0.15, -0.1) is 0 Å². The Morgan fingerprint density at radius 1 is 1.41 bits per heavy atom. The zero-order valence-electron chi connectivity index (χ0n) is 11.6. The highest BCUT2D eigenvalue weighted by molar-refractivity contribution is 8.00. The summed E-state index contributed by atoms with van der Waals surface area (Å²) < 4.78 is 0. The van der Waals surface area contributed by atoms with Crippen LogP contribution < -0.4 is 5.73 Å². The molecule has 0 amide bonds. The van der Waals surface area contributed by atoms with Crippen molar-refractivity contribution in [2.75, 3.05) is 25.4 Å². The summed E-state index contributed by atoms with van der Waals surface area (Å²) in [6.45, 7) is 10.4. The molecule has 2 nitrogen and oxygen atoms in total. The van der Waals surface area contributed by atoms with Crippen LogP contribution in [0.15, 0.2) is 0 Å². The van der Waals surface area contributed by atoms with Crippen LogP contribution in [0.5, 0.6) is 0 Å². The molecule has 17 heavy (non-hydrogen) atoms. The van der Waals surface area contributed by atoms with E-state index in [0.29, 0.717) is 5.54 Å². The topological polar surface area (TPSA) is 29.3 Å². The monoisotopic (exact) mass is 256 g/mol. The van der Waals surface area contributed by atoms with Crippen LogP contribution in [0.2, 0.25) is 0 Å². The molecule has 1 heterocycles. The minimum atomic E-state index is 0.364. The predicted octanol–water partition coefficient (Wildman–Crippen LogP) is 2.58. The van der Waals surface area contributed by atoms with Crippen LogP contribution in [0, 0.1) is 11.8 Å². The lowest BCUT2D eigenvalue weighted by Crippen LogP contribution is -2.64. The summed E-state index contributed by atoms with van der Waals surface area (Å²) in [4.78, 5) is 2.72. The second-order valence-electron chi connectivity index (χ2n) is 6.19. The lowest BCUT2D eigenvalue weighted by Gasteiger charge is -2.57. The highest BCUT2D eigenvalue weighted by Crippen LogP contribution is 2.46. The maximum atomic E-state index is 6.10. The zero-order chi connectivity index (χ0) is 12.5. The first-order valence-electron chi connectivity index (χ1n) is 7.18. The fraction of sp³-hybridized carbons (Fsp3) is 1.00. The van der Waals surface area contributed by atoms with E-state index < -0.39 is 0 Å². The van der Waals surface area contributed by atoms with Gasteiger partial charge in [-0.25, -0.2) is 0 Å². The molecule has 0 aromatic carbocycles. The Kier molecular flexibility index (Phi) is 4.43. The number of hydrogen-bond acceptors (Lipinski definition) is 3. The molecular weight excluding hydrogens is 228 g/mol. The third kappa shape index (κ3) is 2.66. The molecule has 1 saturated heterocycles. The highest BCUT2D eigenvalue weighted by Gasteiger charge is 2.48. The molecule has 1 unspecified atom stereocenters. The van der Waals surface area contributed by atoms with E-state index in [1.165, 1.54) is 38.1 Å². The molecule has 0 bridgehead atoms. The first kappa shape index (κ1) is 13.7. The van der Waals surface area contributed by atoms with Gasteiger partial charge in [0.25, 0.3) is 0 Å². The Balaban J connectivity index is 1.95. The van der Waals surface area contributed by atoms with E-state index >= 15 is 0 Å². The molecule has 100 valence electrons. The summed E-state index contributed by atoms with van der Waals surface area (Å²) in [7, 11) is 0. The minimum Gasteiger partial charge on any atom is -0.329 e. The zero-order valence-corrected chi connectivity index (χ0v) is 12.4. The molecule has 3 heteroatoms. The molecule has 2 N–H and O–H groups in total. The minimum absolute atomic E-state index is 0.364.